The van der Waals surface area contributed by atoms with Gasteiger partial charge in [0.25, 0.3) is 0 Å². The lowest BCUT2D eigenvalue weighted by Crippen LogP contribution is -2.19. The van der Waals surface area contributed by atoms with Crippen molar-refractivity contribution in [3.8, 4) is 29.2 Å². The first-order chi connectivity index (χ1) is 14.5. The molecule has 9 nitrogen and oxygen atoms in total. The predicted molar refractivity (Wildman–Crippen MR) is 106 cm³/mol. The molecular weight excluding hydrogens is 388 g/mol. The SMILES string of the molecule is N#Cc1ccc(Oc2ccc(Oc3nc4ccccn4c(=O)c3[N+](=O)[O-])cc2)cc1. The number of rotatable bonds is 5. The molecule has 0 aliphatic heterocycles. The molecule has 4 rings (SSSR count). The third-order valence-electron chi connectivity index (χ3n) is 4.12. The lowest BCUT2D eigenvalue weighted by Gasteiger charge is -2.09. The highest BCUT2D eigenvalue weighted by atomic mass is 16.6. The third kappa shape index (κ3) is 3.65. The molecule has 0 amide bonds. The van der Waals surface area contributed by atoms with Crippen molar-refractivity contribution < 1.29 is 14.4 Å². The first-order valence-electron chi connectivity index (χ1n) is 8.67. The number of nitro groups is 1. The van der Waals surface area contributed by atoms with E-state index in [0.29, 0.717) is 17.1 Å². The summed E-state index contributed by atoms with van der Waals surface area (Å²) in [5.41, 5.74) is -0.840. The van der Waals surface area contributed by atoms with Crippen LogP contribution in [0.4, 0.5) is 5.69 Å². The van der Waals surface area contributed by atoms with Crippen molar-refractivity contribution in [1.29, 1.82) is 5.26 Å². The number of nitrogens with zero attached hydrogens (tertiary/aromatic N) is 4. The van der Waals surface area contributed by atoms with Crippen molar-refractivity contribution in [3.63, 3.8) is 0 Å². The molecule has 0 radical (unpaired) electrons. The van der Waals surface area contributed by atoms with E-state index in [4.69, 9.17) is 14.7 Å². The summed E-state index contributed by atoms with van der Waals surface area (Å²) in [5, 5.41) is 20.2. The van der Waals surface area contributed by atoms with Crippen molar-refractivity contribution in [2.75, 3.05) is 0 Å². The van der Waals surface area contributed by atoms with Gasteiger partial charge in [-0.15, -0.1) is 0 Å². The standard InChI is InChI=1S/C21H12N4O5/c22-13-14-4-6-15(7-5-14)29-16-8-10-17(11-9-16)30-20-19(25(27)28)21(26)24-12-2-1-3-18(24)23-20/h1-12H. The number of pyridine rings is 1. The van der Waals surface area contributed by atoms with Crippen LogP contribution in [-0.2, 0) is 0 Å². The van der Waals surface area contributed by atoms with Gasteiger partial charge in [0.2, 0.25) is 0 Å². The maximum Gasteiger partial charge on any atom is 0.396 e. The van der Waals surface area contributed by atoms with Crippen molar-refractivity contribution >= 4 is 11.3 Å². The van der Waals surface area contributed by atoms with Crippen LogP contribution in [-0.4, -0.2) is 14.3 Å². The topological polar surface area (TPSA) is 120 Å². The van der Waals surface area contributed by atoms with Crippen LogP contribution in [0.2, 0.25) is 0 Å². The molecule has 0 bridgehead atoms. The van der Waals surface area contributed by atoms with Gasteiger partial charge >= 0.3 is 17.1 Å². The molecule has 2 heterocycles. The fraction of sp³-hybridized carbons (Fsp3) is 0. The van der Waals surface area contributed by atoms with Crippen LogP contribution in [0, 0.1) is 21.4 Å². The maximum atomic E-state index is 12.4. The molecule has 0 fully saturated rings. The van der Waals surface area contributed by atoms with Gasteiger partial charge in [-0.05, 0) is 60.7 Å². The lowest BCUT2D eigenvalue weighted by atomic mass is 10.2. The first kappa shape index (κ1) is 18.6. The number of benzene rings is 2. The number of hydrogen-bond acceptors (Lipinski definition) is 7. The Morgan fingerprint density at radius 1 is 0.933 bits per heavy atom. The van der Waals surface area contributed by atoms with Crippen molar-refractivity contribution in [2.45, 2.75) is 0 Å². The van der Waals surface area contributed by atoms with Gasteiger partial charge in [0.05, 0.1) is 16.6 Å². The summed E-state index contributed by atoms with van der Waals surface area (Å²) in [6, 6.07) is 19.7. The first-order valence-corrected chi connectivity index (χ1v) is 8.67. The highest BCUT2D eigenvalue weighted by molar-refractivity contribution is 5.50. The zero-order chi connectivity index (χ0) is 21.1. The molecule has 146 valence electrons. The molecule has 0 aliphatic carbocycles. The number of nitriles is 1. The van der Waals surface area contributed by atoms with Crippen molar-refractivity contribution in [3.05, 3.63) is 99.0 Å². The van der Waals surface area contributed by atoms with E-state index in [1.807, 2.05) is 6.07 Å². The van der Waals surface area contributed by atoms with Crippen LogP contribution in [0.5, 0.6) is 23.1 Å². The minimum atomic E-state index is -0.832. The number of ether oxygens (including phenoxy) is 2. The third-order valence-corrected chi connectivity index (χ3v) is 4.12. The highest BCUT2D eigenvalue weighted by Crippen LogP contribution is 2.29. The number of fused-ring (bicyclic) bond motifs is 1. The van der Waals surface area contributed by atoms with Gasteiger partial charge in [-0.1, -0.05) is 6.07 Å². The van der Waals surface area contributed by atoms with E-state index in [1.54, 1.807) is 54.6 Å². The summed E-state index contributed by atoms with van der Waals surface area (Å²) in [4.78, 5) is 27.1. The average molecular weight is 400 g/mol. The van der Waals surface area contributed by atoms with Gasteiger partial charge in [-0.2, -0.15) is 10.2 Å². The molecule has 0 atom stereocenters. The minimum absolute atomic E-state index is 0.226. The zero-order valence-electron chi connectivity index (χ0n) is 15.3. The fourth-order valence-corrected chi connectivity index (χ4v) is 2.71. The van der Waals surface area contributed by atoms with Gasteiger partial charge in [0.1, 0.15) is 22.9 Å². The number of aromatic nitrogens is 2. The van der Waals surface area contributed by atoms with Crippen LogP contribution in [0.1, 0.15) is 5.56 Å². The second kappa shape index (κ2) is 7.73. The molecule has 0 N–H and O–H groups in total. The maximum absolute atomic E-state index is 12.4. The Morgan fingerprint density at radius 3 is 2.13 bits per heavy atom. The zero-order valence-corrected chi connectivity index (χ0v) is 15.3. The van der Waals surface area contributed by atoms with E-state index in [-0.39, 0.29) is 11.4 Å². The summed E-state index contributed by atoms with van der Waals surface area (Å²) < 4.78 is 12.3. The Kier molecular flexibility index (Phi) is 4.80. The van der Waals surface area contributed by atoms with E-state index in [9.17, 15) is 14.9 Å². The van der Waals surface area contributed by atoms with E-state index in [1.165, 1.54) is 18.3 Å². The molecule has 30 heavy (non-hydrogen) atoms. The van der Waals surface area contributed by atoms with Crippen LogP contribution in [0.3, 0.4) is 0 Å². The van der Waals surface area contributed by atoms with Gasteiger partial charge in [0.15, 0.2) is 0 Å². The van der Waals surface area contributed by atoms with Crippen LogP contribution in [0.15, 0.2) is 77.7 Å². The molecule has 0 spiro atoms. The fourth-order valence-electron chi connectivity index (χ4n) is 2.71. The Balaban J connectivity index is 1.61. The molecule has 0 aliphatic rings. The monoisotopic (exact) mass is 400 g/mol. The highest BCUT2D eigenvalue weighted by Gasteiger charge is 2.25. The van der Waals surface area contributed by atoms with Crippen molar-refractivity contribution in [1.82, 2.24) is 9.38 Å². The van der Waals surface area contributed by atoms with Crippen LogP contribution in [0.25, 0.3) is 5.65 Å². The molecule has 4 aromatic rings. The van der Waals surface area contributed by atoms with Crippen LogP contribution >= 0.6 is 0 Å². The Bertz CT molecular complexity index is 1340. The second-order valence-corrected chi connectivity index (χ2v) is 6.07. The summed E-state index contributed by atoms with van der Waals surface area (Å²) in [6.07, 6.45) is 1.40. The quantitative estimate of drug-likeness (QED) is 0.366. The van der Waals surface area contributed by atoms with Gasteiger partial charge in [-0.25, -0.2) is 0 Å². The summed E-state index contributed by atoms with van der Waals surface area (Å²) in [7, 11) is 0. The molecule has 0 saturated heterocycles. The Hall–Kier alpha value is -4.71. The summed E-state index contributed by atoms with van der Waals surface area (Å²) in [6.45, 7) is 0. The lowest BCUT2D eigenvalue weighted by molar-refractivity contribution is -0.387. The molecule has 2 aromatic heterocycles. The molecule has 0 unspecified atom stereocenters. The average Bonchev–Trinajstić information content (AvgIpc) is 2.75. The van der Waals surface area contributed by atoms with E-state index in [2.05, 4.69) is 4.98 Å². The van der Waals surface area contributed by atoms with Crippen molar-refractivity contribution in [2.24, 2.45) is 0 Å². The Morgan fingerprint density at radius 2 is 1.53 bits per heavy atom. The molecule has 9 heteroatoms. The number of hydrogen-bond donors (Lipinski definition) is 0. The Labute approximate surface area is 169 Å². The van der Waals surface area contributed by atoms with Gasteiger partial charge in [0, 0.05) is 6.20 Å². The van der Waals surface area contributed by atoms with Crippen LogP contribution < -0.4 is 15.0 Å². The molecular formula is C21H12N4O5. The molecule has 0 saturated carbocycles. The van der Waals surface area contributed by atoms with Gasteiger partial charge in [-0.3, -0.25) is 19.3 Å². The minimum Gasteiger partial charge on any atom is -0.457 e. The second-order valence-electron chi connectivity index (χ2n) is 6.07. The van der Waals surface area contributed by atoms with E-state index < -0.39 is 22.0 Å². The largest absolute Gasteiger partial charge is 0.457 e. The van der Waals surface area contributed by atoms with E-state index >= 15 is 0 Å². The molecule has 2 aromatic carbocycles. The summed E-state index contributed by atoms with van der Waals surface area (Å²) in [5.74, 6) is 0.894. The smallest absolute Gasteiger partial charge is 0.396 e. The summed E-state index contributed by atoms with van der Waals surface area (Å²) >= 11 is 0. The van der Waals surface area contributed by atoms with E-state index in [0.717, 1.165) is 4.40 Å². The van der Waals surface area contributed by atoms with Gasteiger partial charge < -0.3 is 9.47 Å². The predicted octanol–water partition coefficient (Wildman–Crippen LogP) is 4.06. The normalized spacial score (nSPS) is 10.4.